The molecule has 1 unspecified atom stereocenters. The van der Waals surface area contributed by atoms with Gasteiger partial charge < -0.3 is 0 Å². The molecule has 0 heterocycles. The van der Waals surface area contributed by atoms with Crippen LogP contribution in [0, 0.1) is 0 Å². The van der Waals surface area contributed by atoms with E-state index in [1.165, 1.54) is 0 Å². The van der Waals surface area contributed by atoms with Crippen molar-refractivity contribution in [2.24, 2.45) is 0 Å². The maximum Gasteiger partial charge on any atom is 0.546 e. The van der Waals surface area contributed by atoms with E-state index in [0.717, 1.165) is 29.5 Å². The summed E-state index contributed by atoms with van der Waals surface area (Å²) in [6, 6.07) is 15.4. The SMILES string of the molecule is CCCc1cccc([P+](=O)O)c1-c1ccccc1. The standard InChI is InChI=1S/C15H15O2P/c1-2-7-12-10-6-11-14(18(16)17)15(12)13-8-4-3-5-9-13/h3-6,8-11H,2,7H2,1H3/p+1. The molecule has 0 radical (unpaired) electrons. The normalized spacial score (nSPS) is 11.3. The Balaban J connectivity index is 2.64. The zero-order valence-electron chi connectivity index (χ0n) is 10.3. The van der Waals surface area contributed by atoms with Crippen LogP contribution in [-0.2, 0) is 11.0 Å². The monoisotopic (exact) mass is 259 g/mol. The van der Waals surface area contributed by atoms with Gasteiger partial charge in [0.1, 0.15) is 0 Å². The lowest BCUT2D eigenvalue weighted by Gasteiger charge is -2.08. The maximum absolute atomic E-state index is 11.5. The molecule has 2 aromatic rings. The summed E-state index contributed by atoms with van der Waals surface area (Å²) in [5.41, 5.74) is 3.07. The van der Waals surface area contributed by atoms with Crippen molar-refractivity contribution in [1.29, 1.82) is 0 Å². The largest absolute Gasteiger partial charge is 0.546 e. The third kappa shape index (κ3) is 2.66. The molecule has 0 saturated heterocycles. The minimum absolute atomic E-state index is 0.530. The molecule has 2 rings (SSSR count). The number of hydrogen-bond acceptors (Lipinski definition) is 1. The highest BCUT2D eigenvalue weighted by molar-refractivity contribution is 7.47. The van der Waals surface area contributed by atoms with Gasteiger partial charge in [-0.05, 0) is 28.2 Å². The lowest BCUT2D eigenvalue weighted by molar-refractivity contribution is 0.513. The third-order valence-corrected chi connectivity index (χ3v) is 3.70. The molecule has 0 spiro atoms. The topological polar surface area (TPSA) is 37.3 Å². The van der Waals surface area contributed by atoms with E-state index in [1.807, 2.05) is 42.5 Å². The number of aryl methyl sites for hydroxylation is 1. The lowest BCUT2D eigenvalue weighted by atomic mass is 9.97. The van der Waals surface area contributed by atoms with Crippen LogP contribution in [0.5, 0.6) is 0 Å². The van der Waals surface area contributed by atoms with Crippen LogP contribution in [-0.4, -0.2) is 4.89 Å². The Hall–Kier alpha value is -1.50. The second kappa shape index (κ2) is 5.90. The van der Waals surface area contributed by atoms with Gasteiger partial charge >= 0.3 is 8.03 Å². The smallest absolute Gasteiger partial charge is 0.156 e. The Bertz CT molecular complexity index is 550. The first kappa shape index (κ1) is 12.9. The molecular formula is C15H16O2P+. The predicted octanol–water partition coefficient (Wildman–Crippen LogP) is 3.67. The number of rotatable bonds is 4. The molecule has 0 aliphatic heterocycles. The van der Waals surface area contributed by atoms with E-state index in [0.29, 0.717) is 5.30 Å². The number of benzene rings is 2. The Morgan fingerprint density at radius 1 is 1.06 bits per heavy atom. The molecule has 0 fully saturated rings. The Labute approximate surface area is 108 Å². The van der Waals surface area contributed by atoms with E-state index in [2.05, 4.69) is 6.92 Å². The van der Waals surface area contributed by atoms with Crippen LogP contribution < -0.4 is 5.30 Å². The van der Waals surface area contributed by atoms with Crippen molar-refractivity contribution in [1.82, 2.24) is 0 Å². The quantitative estimate of drug-likeness (QED) is 0.851. The van der Waals surface area contributed by atoms with E-state index >= 15 is 0 Å². The van der Waals surface area contributed by atoms with Gasteiger partial charge in [0.25, 0.3) is 0 Å². The first-order valence-electron chi connectivity index (χ1n) is 6.07. The molecule has 2 nitrogen and oxygen atoms in total. The molecule has 18 heavy (non-hydrogen) atoms. The maximum atomic E-state index is 11.5. The minimum Gasteiger partial charge on any atom is -0.156 e. The van der Waals surface area contributed by atoms with Crippen molar-refractivity contribution in [2.45, 2.75) is 19.8 Å². The van der Waals surface area contributed by atoms with Crippen molar-refractivity contribution in [3.63, 3.8) is 0 Å². The molecule has 1 atom stereocenters. The van der Waals surface area contributed by atoms with Gasteiger partial charge in [0.2, 0.25) is 5.30 Å². The molecular weight excluding hydrogens is 243 g/mol. The minimum atomic E-state index is -2.32. The van der Waals surface area contributed by atoms with Crippen molar-refractivity contribution in [2.75, 3.05) is 0 Å². The molecule has 92 valence electrons. The van der Waals surface area contributed by atoms with Gasteiger partial charge in [0.05, 0.1) is 0 Å². The zero-order valence-corrected chi connectivity index (χ0v) is 11.2. The van der Waals surface area contributed by atoms with E-state index in [4.69, 9.17) is 0 Å². The van der Waals surface area contributed by atoms with E-state index in [1.54, 1.807) is 6.07 Å². The molecule has 1 N–H and O–H groups in total. The number of hydrogen-bond donors (Lipinski definition) is 1. The first-order valence-corrected chi connectivity index (χ1v) is 7.28. The van der Waals surface area contributed by atoms with Gasteiger partial charge in [-0.2, -0.15) is 4.89 Å². The average Bonchev–Trinajstić information content (AvgIpc) is 2.40. The van der Waals surface area contributed by atoms with Crippen LogP contribution in [0.2, 0.25) is 0 Å². The van der Waals surface area contributed by atoms with Crippen LogP contribution in [0.3, 0.4) is 0 Å². The molecule has 0 aromatic heterocycles. The summed E-state index contributed by atoms with van der Waals surface area (Å²) < 4.78 is 11.5. The summed E-state index contributed by atoms with van der Waals surface area (Å²) in [7, 11) is -2.32. The van der Waals surface area contributed by atoms with Gasteiger partial charge in [-0.3, -0.25) is 0 Å². The van der Waals surface area contributed by atoms with Gasteiger partial charge in [-0.15, -0.1) is 0 Å². The summed E-state index contributed by atoms with van der Waals surface area (Å²) in [5, 5.41) is 0.530. The predicted molar refractivity (Wildman–Crippen MR) is 75.3 cm³/mol. The van der Waals surface area contributed by atoms with Crippen molar-refractivity contribution < 1.29 is 9.46 Å². The van der Waals surface area contributed by atoms with E-state index < -0.39 is 8.03 Å². The van der Waals surface area contributed by atoms with Crippen LogP contribution in [0.25, 0.3) is 11.1 Å². The second-order valence-corrected chi connectivity index (χ2v) is 5.23. The van der Waals surface area contributed by atoms with Crippen molar-refractivity contribution in [3.05, 3.63) is 54.1 Å². The highest BCUT2D eigenvalue weighted by atomic mass is 31.1. The zero-order chi connectivity index (χ0) is 13.0. The molecule has 0 amide bonds. The fraction of sp³-hybridized carbons (Fsp3) is 0.200. The van der Waals surface area contributed by atoms with Crippen LogP contribution in [0.4, 0.5) is 0 Å². The lowest BCUT2D eigenvalue weighted by Crippen LogP contribution is -2.05. The highest BCUT2D eigenvalue weighted by Gasteiger charge is 2.24. The molecule has 0 aliphatic carbocycles. The van der Waals surface area contributed by atoms with Crippen LogP contribution in [0.1, 0.15) is 18.9 Å². The van der Waals surface area contributed by atoms with Gasteiger partial charge in [0.15, 0.2) is 0 Å². The van der Waals surface area contributed by atoms with Crippen molar-refractivity contribution >= 4 is 13.3 Å². The molecule has 2 aromatic carbocycles. The summed E-state index contributed by atoms with van der Waals surface area (Å²) in [6.07, 6.45) is 1.94. The van der Waals surface area contributed by atoms with E-state index in [9.17, 15) is 9.46 Å². The van der Waals surface area contributed by atoms with Gasteiger partial charge in [-0.1, -0.05) is 55.8 Å². The van der Waals surface area contributed by atoms with E-state index in [-0.39, 0.29) is 0 Å². The summed E-state index contributed by atoms with van der Waals surface area (Å²) in [5.74, 6) is 0. The average molecular weight is 259 g/mol. The molecule has 3 heteroatoms. The summed E-state index contributed by atoms with van der Waals surface area (Å²) in [4.78, 5) is 9.47. The van der Waals surface area contributed by atoms with Crippen LogP contribution >= 0.6 is 8.03 Å². The van der Waals surface area contributed by atoms with Gasteiger partial charge in [-0.25, -0.2) is 0 Å². The van der Waals surface area contributed by atoms with Crippen molar-refractivity contribution in [3.8, 4) is 11.1 Å². The Morgan fingerprint density at radius 3 is 2.39 bits per heavy atom. The molecule has 0 saturated carbocycles. The Morgan fingerprint density at radius 2 is 1.78 bits per heavy atom. The summed E-state index contributed by atoms with van der Waals surface area (Å²) in [6.45, 7) is 2.11. The first-order chi connectivity index (χ1) is 8.74. The molecule has 0 aliphatic rings. The third-order valence-electron chi connectivity index (χ3n) is 2.92. The Kier molecular flexibility index (Phi) is 4.24. The fourth-order valence-corrected chi connectivity index (χ4v) is 2.84. The van der Waals surface area contributed by atoms with Crippen LogP contribution in [0.15, 0.2) is 48.5 Å². The fourth-order valence-electron chi connectivity index (χ4n) is 2.16. The van der Waals surface area contributed by atoms with Gasteiger partial charge in [0, 0.05) is 5.56 Å². The molecule has 0 bridgehead atoms. The summed E-state index contributed by atoms with van der Waals surface area (Å²) >= 11 is 0. The highest BCUT2D eigenvalue weighted by Crippen LogP contribution is 2.29. The second-order valence-electron chi connectivity index (χ2n) is 4.20.